The van der Waals surface area contributed by atoms with Crippen LogP contribution in [0.15, 0.2) is 22.7 Å². The van der Waals surface area contributed by atoms with Gasteiger partial charge in [-0.15, -0.1) is 0 Å². The van der Waals surface area contributed by atoms with E-state index in [1.165, 1.54) is 31.9 Å². The number of esters is 1. The number of ether oxygens (including phenoxy) is 1. The van der Waals surface area contributed by atoms with E-state index in [4.69, 9.17) is 9.26 Å². The minimum atomic E-state index is -0.347. The molecule has 2 aromatic rings. The second-order valence-electron chi connectivity index (χ2n) is 12.0. The maximum Gasteiger partial charge on any atom is 0.308 e. The van der Waals surface area contributed by atoms with E-state index in [0.29, 0.717) is 30.6 Å². The highest BCUT2D eigenvalue weighted by Gasteiger charge is 2.48. The molecule has 0 spiro atoms. The lowest BCUT2D eigenvalue weighted by Gasteiger charge is -2.35. The molecule has 1 unspecified atom stereocenters. The molecule has 1 amide bonds. The van der Waals surface area contributed by atoms with Gasteiger partial charge in [-0.05, 0) is 88.2 Å². The second-order valence-corrected chi connectivity index (χ2v) is 12.0. The lowest BCUT2D eigenvalue weighted by atomic mass is 9.69. The van der Waals surface area contributed by atoms with Crippen LogP contribution in [0, 0.1) is 37.5 Å². The third-order valence-corrected chi connectivity index (χ3v) is 8.61. The average molecular weight is 493 g/mol. The number of carbonyl (C=O) groups is 2. The third-order valence-electron chi connectivity index (χ3n) is 8.61. The molecule has 3 aliphatic rings. The molecule has 5 rings (SSSR count). The Bertz CT molecular complexity index is 1130. The zero-order valence-corrected chi connectivity index (χ0v) is 22.3. The number of nitrogens with zero attached hydrogens (tertiary/aromatic N) is 1. The summed E-state index contributed by atoms with van der Waals surface area (Å²) in [4.78, 5) is 26.2. The molecular weight excluding hydrogens is 452 g/mol. The summed E-state index contributed by atoms with van der Waals surface area (Å²) in [6.07, 6.45) is 6.94. The molecule has 3 aliphatic carbocycles. The van der Waals surface area contributed by atoms with E-state index in [1.807, 2.05) is 26.0 Å². The van der Waals surface area contributed by atoms with Crippen LogP contribution >= 0.6 is 0 Å². The molecule has 3 fully saturated rings. The summed E-state index contributed by atoms with van der Waals surface area (Å²) in [5, 5.41) is 7.78. The van der Waals surface area contributed by atoms with Crippen LogP contribution in [-0.4, -0.2) is 24.1 Å². The van der Waals surface area contributed by atoms with Gasteiger partial charge in [0.05, 0.1) is 18.7 Å². The van der Waals surface area contributed by atoms with Crippen molar-refractivity contribution in [2.24, 2.45) is 23.7 Å². The first-order valence-electron chi connectivity index (χ1n) is 13.7. The number of aromatic nitrogens is 1. The Labute approximate surface area is 214 Å². The molecule has 0 radical (unpaired) electrons. The predicted octanol–water partition coefficient (Wildman–Crippen LogP) is 6.63. The molecule has 1 N–H and O–H groups in total. The topological polar surface area (TPSA) is 81.4 Å². The van der Waals surface area contributed by atoms with Crippen molar-refractivity contribution in [1.82, 2.24) is 5.16 Å². The fourth-order valence-corrected chi connectivity index (χ4v) is 6.64. The number of hydrogen-bond acceptors (Lipinski definition) is 5. The van der Waals surface area contributed by atoms with Gasteiger partial charge in [0.1, 0.15) is 5.76 Å². The van der Waals surface area contributed by atoms with Crippen LogP contribution in [0.5, 0.6) is 0 Å². The summed E-state index contributed by atoms with van der Waals surface area (Å²) in [5.74, 6) is 2.37. The van der Waals surface area contributed by atoms with Gasteiger partial charge in [0.25, 0.3) is 0 Å². The van der Waals surface area contributed by atoms with E-state index in [9.17, 15) is 9.59 Å². The van der Waals surface area contributed by atoms with Crippen LogP contribution in [0.4, 0.5) is 5.69 Å². The molecule has 6 heteroatoms. The van der Waals surface area contributed by atoms with E-state index >= 15 is 0 Å². The Hall–Kier alpha value is -2.63. The van der Waals surface area contributed by atoms with E-state index in [1.54, 1.807) is 0 Å². The van der Waals surface area contributed by atoms with Gasteiger partial charge in [-0.1, -0.05) is 36.7 Å². The number of hydrogen-bond donors (Lipinski definition) is 1. The summed E-state index contributed by atoms with van der Waals surface area (Å²) < 4.78 is 11.2. The van der Waals surface area contributed by atoms with Crippen molar-refractivity contribution in [2.45, 2.75) is 90.4 Å². The summed E-state index contributed by atoms with van der Waals surface area (Å²) in [6.45, 7) is 8.63. The van der Waals surface area contributed by atoms with E-state index < -0.39 is 0 Å². The Kier molecular flexibility index (Phi) is 6.97. The Balaban J connectivity index is 1.41. The molecule has 36 heavy (non-hydrogen) atoms. The average Bonchev–Trinajstić information content (AvgIpc) is 3.40. The number of amides is 1. The first-order valence-corrected chi connectivity index (χ1v) is 13.7. The molecular formula is C30H40N2O4. The number of nitrogens with one attached hydrogen (secondary N) is 1. The molecule has 0 aliphatic heterocycles. The van der Waals surface area contributed by atoms with Crippen LogP contribution in [-0.2, 0) is 14.3 Å². The third kappa shape index (κ3) is 4.96. The quantitative estimate of drug-likeness (QED) is 0.418. The summed E-state index contributed by atoms with van der Waals surface area (Å²) in [7, 11) is 1.43. The second kappa shape index (κ2) is 10.0. The van der Waals surface area contributed by atoms with Gasteiger partial charge in [0, 0.05) is 29.0 Å². The number of aryl methyl sites for hydroxylation is 2. The van der Waals surface area contributed by atoms with E-state index in [2.05, 4.69) is 30.4 Å². The number of anilines is 1. The molecule has 6 nitrogen and oxygen atoms in total. The van der Waals surface area contributed by atoms with E-state index in [-0.39, 0.29) is 29.6 Å². The lowest BCUT2D eigenvalue weighted by molar-refractivity contribution is -0.145. The lowest BCUT2D eigenvalue weighted by Crippen LogP contribution is -2.26. The maximum atomic E-state index is 13.6. The Morgan fingerprint density at radius 3 is 2.50 bits per heavy atom. The van der Waals surface area contributed by atoms with Crippen molar-refractivity contribution < 1.29 is 18.8 Å². The van der Waals surface area contributed by atoms with Crippen LogP contribution < -0.4 is 5.32 Å². The number of rotatable bonds is 8. The Morgan fingerprint density at radius 2 is 1.86 bits per heavy atom. The van der Waals surface area contributed by atoms with Gasteiger partial charge in [-0.25, -0.2) is 0 Å². The molecule has 0 saturated heterocycles. The van der Waals surface area contributed by atoms with Crippen molar-refractivity contribution in [1.29, 1.82) is 0 Å². The van der Waals surface area contributed by atoms with Gasteiger partial charge in [-0.3, -0.25) is 9.59 Å². The van der Waals surface area contributed by atoms with Crippen molar-refractivity contribution in [3.63, 3.8) is 0 Å². The van der Waals surface area contributed by atoms with Gasteiger partial charge >= 0.3 is 5.97 Å². The van der Waals surface area contributed by atoms with Crippen LogP contribution in [0.3, 0.4) is 0 Å². The summed E-state index contributed by atoms with van der Waals surface area (Å²) in [6, 6.07) is 6.03. The fraction of sp³-hybridized carbons (Fsp3) is 0.633. The SMILES string of the molecule is COC(=O)C1C[C@@H](C(=O)Nc2ccc(C)cc2C)[C@H](c2noc(C3CC(CC(C)C)C3)c2C2CC2)C1. The van der Waals surface area contributed by atoms with Crippen molar-refractivity contribution >= 4 is 17.6 Å². The fourth-order valence-electron chi connectivity index (χ4n) is 6.64. The molecule has 1 heterocycles. The molecule has 194 valence electrons. The first-order chi connectivity index (χ1) is 17.2. The molecule has 0 bridgehead atoms. The molecule has 1 aromatic heterocycles. The highest BCUT2D eigenvalue weighted by molar-refractivity contribution is 5.94. The zero-order valence-electron chi connectivity index (χ0n) is 22.3. The minimum Gasteiger partial charge on any atom is -0.469 e. The van der Waals surface area contributed by atoms with Crippen LogP contribution in [0.25, 0.3) is 0 Å². The van der Waals surface area contributed by atoms with Gasteiger partial charge in [-0.2, -0.15) is 0 Å². The van der Waals surface area contributed by atoms with E-state index in [0.717, 1.165) is 47.0 Å². The smallest absolute Gasteiger partial charge is 0.308 e. The van der Waals surface area contributed by atoms with Gasteiger partial charge in [0.15, 0.2) is 0 Å². The Morgan fingerprint density at radius 1 is 1.11 bits per heavy atom. The molecule has 3 atom stereocenters. The summed E-state index contributed by atoms with van der Waals surface area (Å²) in [5.41, 5.74) is 5.19. The van der Waals surface area contributed by atoms with Crippen molar-refractivity contribution in [3.05, 3.63) is 46.3 Å². The standard InChI is InChI=1S/C30H40N2O4/c1-16(2)10-19-12-21(13-19)28-26(20-7-8-20)27(32-36-28)23-14-22(30(34)35-5)15-24(23)29(33)31-25-9-6-17(3)11-18(25)4/h6,9,11,16,19-24H,7-8,10,12-15H2,1-5H3,(H,31,33)/t19?,21?,22?,23-,24-/m1/s1. The highest BCUT2D eigenvalue weighted by Crippen LogP contribution is 2.55. The number of carbonyl (C=O) groups excluding carboxylic acids is 2. The molecule has 1 aromatic carbocycles. The summed E-state index contributed by atoms with van der Waals surface area (Å²) >= 11 is 0. The zero-order chi connectivity index (χ0) is 25.6. The number of benzene rings is 1. The van der Waals surface area contributed by atoms with Crippen LogP contribution in [0.2, 0.25) is 0 Å². The van der Waals surface area contributed by atoms with Gasteiger partial charge < -0.3 is 14.6 Å². The number of methoxy groups -OCH3 is 1. The largest absolute Gasteiger partial charge is 0.469 e. The highest BCUT2D eigenvalue weighted by atomic mass is 16.5. The van der Waals surface area contributed by atoms with Crippen molar-refractivity contribution in [3.8, 4) is 0 Å². The minimum absolute atomic E-state index is 0.0507. The first kappa shape index (κ1) is 25.0. The van der Waals surface area contributed by atoms with Crippen molar-refractivity contribution in [2.75, 3.05) is 12.4 Å². The predicted molar refractivity (Wildman–Crippen MR) is 139 cm³/mol. The monoisotopic (exact) mass is 492 g/mol. The molecule has 3 saturated carbocycles. The maximum absolute atomic E-state index is 13.6. The normalized spacial score (nSPS) is 27.7. The van der Waals surface area contributed by atoms with Gasteiger partial charge in [0.2, 0.25) is 5.91 Å². The van der Waals surface area contributed by atoms with Crippen LogP contribution in [0.1, 0.15) is 105 Å².